The van der Waals surface area contributed by atoms with Crippen LogP contribution in [0.1, 0.15) is 26.2 Å². The molecule has 2 aliphatic heterocycles. The molecule has 1 amide bonds. The van der Waals surface area contributed by atoms with E-state index in [0.717, 1.165) is 25.9 Å². The largest absolute Gasteiger partial charge is 0.355 e. The van der Waals surface area contributed by atoms with E-state index in [2.05, 4.69) is 17.6 Å². The minimum atomic E-state index is -2.97. The Hall–Kier alpha value is -0.620. The lowest BCUT2D eigenvalue weighted by atomic mass is 9.81. The highest BCUT2D eigenvalue weighted by Gasteiger charge is 2.34. The fraction of sp³-hybridized carbons (Fsp3) is 0.917. The maximum absolute atomic E-state index is 11.9. The second-order valence-corrected chi connectivity index (χ2v) is 8.11. The molecule has 2 saturated heterocycles. The Morgan fingerprint density at radius 1 is 1.39 bits per heavy atom. The molecule has 0 aromatic heterocycles. The van der Waals surface area contributed by atoms with Crippen molar-refractivity contribution in [3.05, 3.63) is 0 Å². The smallest absolute Gasteiger partial charge is 0.224 e. The van der Waals surface area contributed by atoms with Crippen LogP contribution in [0.25, 0.3) is 0 Å². The number of piperidine rings is 1. The first-order chi connectivity index (χ1) is 8.40. The third-order valence-electron chi connectivity index (χ3n) is 4.10. The predicted molar refractivity (Wildman–Crippen MR) is 70.0 cm³/mol. The molecule has 0 aromatic carbocycles. The summed E-state index contributed by atoms with van der Waals surface area (Å²) in [6.07, 6.45) is 2.58. The lowest BCUT2D eigenvalue weighted by Gasteiger charge is -2.34. The molecule has 2 N–H and O–H groups in total. The van der Waals surface area contributed by atoms with Gasteiger partial charge in [0, 0.05) is 6.54 Å². The lowest BCUT2D eigenvalue weighted by molar-refractivity contribution is -0.124. The van der Waals surface area contributed by atoms with Gasteiger partial charge in [0.15, 0.2) is 9.84 Å². The highest BCUT2D eigenvalue weighted by atomic mass is 32.2. The number of rotatable bonds is 3. The molecular weight excluding hydrogens is 252 g/mol. The van der Waals surface area contributed by atoms with E-state index in [-0.39, 0.29) is 28.7 Å². The van der Waals surface area contributed by atoms with Crippen LogP contribution in [0.5, 0.6) is 0 Å². The molecule has 18 heavy (non-hydrogen) atoms. The van der Waals surface area contributed by atoms with Gasteiger partial charge in [-0.3, -0.25) is 4.79 Å². The molecule has 0 aromatic rings. The van der Waals surface area contributed by atoms with Crippen molar-refractivity contribution in [2.24, 2.45) is 11.3 Å². The van der Waals surface area contributed by atoms with Crippen LogP contribution < -0.4 is 10.6 Å². The van der Waals surface area contributed by atoms with Gasteiger partial charge in [-0.2, -0.15) is 0 Å². The Bertz CT molecular complexity index is 413. The van der Waals surface area contributed by atoms with Crippen LogP contribution >= 0.6 is 0 Å². The summed E-state index contributed by atoms with van der Waals surface area (Å²) in [5.41, 5.74) is 0.151. The summed E-state index contributed by atoms with van der Waals surface area (Å²) < 4.78 is 22.7. The topological polar surface area (TPSA) is 75.3 Å². The summed E-state index contributed by atoms with van der Waals surface area (Å²) in [4.78, 5) is 11.9. The van der Waals surface area contributed by atoms with Crippen molar-refractivity contribution in [1.29, 1.82) is 0 Å². The molecule has 104 valence electrons. The Morgan fingerprint density at radius 3 is 2.61 bits per heavy atom. The summed E-state index contributed by atoms with van der Waals surface area (Å²) in [5.74, 6) is -0.236. The molecule has 0 bridgehead atoms. The van der Waals surface area contributed by atoms with E-state index >= 15 is 0 Å². The fourth-order valence-corrected chi connectivity index (χ4v) is 4.40. The molecule has 2 fully saturated rings. The van der Waals surface area contributed by atoms with Crippen molar-refractivity contribution in [2.75, 3.05) is 31.1 Å². The molecule has 2 rings (SSSR count). The van der Waals surface area contributed by atoms with Crippen LogP contribution in [0.2, 0.25) is 0 Å². The monoisotopic (exact) mass is 274 g/mol. The zero-order valence-corrected chi connectivity index (χ0v) is 11.7. The van der Waals surface area contributed by atoms with Crippen LogP contribution in [0.15, 0.2) is 0 Å². The SMILES string of the molecule is CC1(CNC(=O)C2CCS(=O)(=O)C2)CCNCC1. The van der Waals surface area contributed by atoms with Crippen molar-refractivity contribution in [2.45, 2.75) is 26.2 Å². The van der Waals surface area contributed by atoms with Gasteiger partial charge in [-0.15, -0.1) is 0 Å². The summed E-state index contributed by atoms with van der Waals surface area (Å²) >= 11 is 0. The van der Waals surface area contributed by atoms with E-state index in [0.29, 0.717) is 13.0 Å². The Labute approximate surface area is 109 Å². The third kappa shape index (κ3) is 3.45. The van der Waals surface area contributed by atoms with Gasteiger partial charge in [-0.05, 0) is 37.8 Å². The summed E-state index contributed by atoms with van der Waals surface area (Å²) in [7, 11) is -2.97. The van der Waals surface area contributed by atoms with E-state index in [1.165, 1.54) is 0 Å². The Morgan fingerprint density at radius 2 is 2.06 bits per heavy atom. The molecule has 1 unspecified atom stereocenters. The van der Waals surface area contributed by atoms with Gasteiger partial charge < -0.3 is 10.6 Å². The maximum atomic E-state index is 11.9. The lowest BCUT2D eigenvalue weighted by Crippen LogP contribution is -2.44. The molecule has 1 atom stereocenters. The van der Waals surface area contributed by atoms with E-state index in [1.807, 2.05) is 0 Å². The zero-order chi connectivity index (χ0) is 13.2. The number of hydrogen-bond acceptors (Lipinski definition) is 4. The average molecular weight is 274 g/mol. The van der Waals surface area contributed by atoms with Gasteiger partial charge in [0.05, 0.1) is 17.4 Å². The van der Waals surface area contributed by atoms with Crippen molar-refractivity contribution in [3.63, 3.8) is 0 Å². The number of hydrogen-bond donors (Lipinski definition) is 2. The second kappa shape index (κ2) is 5.17. The number of amides is 1. The van der Waals surface area contributed by atoms with E-state index in [9.17, 15) is 13.2 Å². The average Bonchev–Trinajstić information content (AvgIpc) is 2.68. The normalized spacial score (nSPS) is 29.9. The first-order valence-corrected chi connectivity index (χ1v) is 8.41. The van der Waals surface area contributed by atoms with Crippen LogP contribution in [-0.4, -0.2) is 45.5 Å². The first-order valence-electron chi connectivity index (χ1n) is 6.59. The van der Waals surface area contributed by atoms with Crippen molar-refractivity contribution in [1.82, 2.24) is 10.6 Å². The second-order valence-electron chi connectivity index (χ2n) is 5.88. The standard InChI is InChI=1S/C12H22N2O3S/c1-12(3-5-13-6-4-12)9-14-11(15)10-2-7-18(16,17)8-10/h10,13H,2-9H2,1H3,(H,14,15). The minimum Gasteiger partial charge on any atom is -0.355 e. The number of sulfone groups is 1. The molecule has 0 saturated carbocycles. The summed E-state index contributed by atoms with van der Waals surface area (Å²) in [6, 6.07) is 0. The highest BCUT2D eigenvalue weighted by molar-refractivity contribution is 7.91. The van der Waals surface area contributed by atoms with E-state index < -0.39 is 9.84 Å². The fourth-order valence-electron chi connectivity index (χ4n) is 2.65. The van der Waals surface area contributed by atoms with Gasteiger partial charge in [0.1, 0.15) is 0 Å². The van der Waals surface area contributed by atoms with Crippen molar-refractivity contribution < 1.29 is 13.2 Å². The Balaban J connectivity index is 1.81. The van der Waals surface area contributed by atoms with Crippen LogP contribution in [0.4, 0.5) is 0 Å². The zero-order valence-electron chi connectivity index (χ0n) is 10.9. The third-order valence-corrected chi connectivity index (χ3v) is 5.87. The van der Waals surface area contributed by atoms with Gasteiger partial charge in [0.2, 0.25) is 5.91 Å². The predicted octanol–water partition coefficient (Wildman–Crippen LogP) is -0.0730. The van der Waals surface area contributed by atoms with Crippen LogP contribution in [0, 0.1) is 11.3 Å². The first kappa shape index (κ1) is 13.8. The molecule has 5 nitrogen and oxygen atoms in total. The molecule has 0 radical (unpaired) electrons. The molecule has 2 heterocycles. The van der Waals surface area contributed by atoms with E-state index in [4.69, 9.17) is 0 Å². The highest BCUT2D eigenvalue weighted by Crippen LogP contribution is 2.27. The summed E-state index contributed by atoms with van der Waals surface area (Å²) in [6.45, 7) is 4.82. The molecule has 6 heteroatoms. The quantitative estimate of drug-likeness (QED) is 0.755. The van der Waals surface area contributed by atoms with Gasteiger partial charge in [0.25, 0.3) is 0 Å². The molecular formula is C12H22N2O3S. The maximum Gasteiger partial charge on any atom is 0.224 e. The van der Waals surface area contributed by atoms with Crippen LogP contribution in [0.3, 0.4) is 0 Å². The molecule has 0 spiro atoms. The van der Waals surface area contributed by atoms with Gasteiger partial charge >= 0.3 is 0 Å². The Kier molecular flexibility index (Phi) is 3.96. The van der Waals surface area contributed by atoms with Crippen LogP contribution in [-0.2, 0) is 14.6 Å². The number of nitrogens with one attached hydrogen (secondary N) is 2. The van der Waals surface area contributed by atoms with Gasteiger partial charge in [-0.25, -0.2) is 8.42 Å². The van der Waals surface area contributed by atoms with E-state index in [1.54, 1.807) is 0 Å². The number of carbonyl (C=O) groups excluding carboxylic acids is 1. The minimum absolute atomic E-state index is 0.0249. The summed E-state index contributed by atoms with van der Waals surface area (Å²) in [5, 5.41) is 6.24. The van der Waals surface area contributed by atoms with Crippen molar-refractivity contribution >= 4 is 15.7 Å². The van der Waals surface area contributed by atoms with Gasteiger partial charge in [-0.1, -0.05) is 6.92 Å². The van der Waals surface area contributed by atoms with Crippen molar-refractivity contribution in [3.8, 4) is 0 Å². The number of carbonyl (C=O) groups is 1. The molecule has 0 aliphatic carbocycles. The molecule has 2 aliphatic rings.